The van der Waals surface area contributed by atoms with Gasteiger partial charge in [-0.05, 0) is 25.0 Å². The first-order chi connectivity index (χ1) is 12.8. The van der Waals surface area contributed by atoms with Crippen LogP contribution in [0.4, 0.5) is 0 Å². The van der Waals surface area contributed by atoms with Crippen molar-refractivity contribution in [2.75, 3.05) is 26.3 Å². The third kappa shape index (κ3) is 3.41. The molecule has 0 radical (unpaired) electrons. The van der Waals surface area contributed by atoms with Crippen LogP contribution in [0.15, 0.2) is 34.8 Å². The highest BCUT2D eigenvalue weighted by molar-refractivity contribution is 5.96. The molecule has 0 saturated carbocycles. The van der Waals surface area contributed by atoms with Crippen molar-refractivity contribution < 1.29 is 18.7 Å². The molecule has 2 saturated heterocycles. The molecule has 1 unspecified atom stereocenters. The molecule has 3 heterocycles. The van der Waals surface area contributed by atoms with Crippen LogP contribution in [-0.4, -0.2) is 43.4 Å². The van der Waals surface area contributed by atoms with E-state index in [4.69, 9.17) is 13.9 Å². The maximum Gasteiger partial charge on any atom is 0.246 e. The Labute approximate surface area is 153 Å². The van der Waals surface area contributed by atoms with Gasteiger partial charge in [0.25, 0.3) is 0 Å². The number of amides is 1. The molecule has 0 aliphatic carbocycles. The first kappa shape index (κ1) is 17.3. The van der Waals surface area contributed by atoms with Crippen LogP contribution in [-0.2, 0) is 20.7 Å². The molecule has 138 valence electrons. The van der Waals surface area contributed by atoms with Crippen molar-refractivity contribution in [1.82, 2.24) is 4.90 Å². The fraction of sp³-hybridized carbons (Fsp3) is 0.476. The van der Waals surface area contributed by atoms with Gasteiger partial charge in [-0.15, -0.1) is 0 Å². The lowest BCUT2D eigenvalue weighted by Gasteiger charge is -2.34. The number of aryl methyl sites for hydroxylation is 1. The fourth-order valence-electron chi connectivity index (χ4n) is 3.90. The number of carbonyl (C=O) groups excluding carboxylic acids is 1. The summed E-state index contributed by atoms with van der Waals surface area (Å²) in [5, 5.41) is 1.05. The van der Waals surface area contributed by atoms with Crippen LogP contribution in [0.3, 0.4) is 0 Å². The topological polar surface area (TPSA) is 51.9 Å². The number of likely N-dealkylation sites (tertiary alicyclic amines) is 1. The summed E-state index contributed by atoms with van der Waals surface area (Å²) in [5.41, 5.74) is 1.87. The summed E-state index contributed by atoms with van der Waals surface area (Å²) in [6.07, 6.45) is 6.26. The molecule has 1 aromatic heterocycles. The van der Waals surface area contributed by atoms with Crippen molar-refractivity contribution >= 4 is 23.0 Å². The lowest BCUT2D eigenvalue weighted by Crippen LogP contribution is -2.43. The molecule has 0 spiro atoms. The van der Waals surface area contributed by atoms with Gasteiger partial charge in [-0.1, -0.05) is 25.1 Å². The molecule has 1 amide bonds. The maximum atomic E-state index is 12.7. The standard InChI is InChI=1S/C21H25NO4/c1-2-18-17(16-7-3-4-8-19(16)26-18)9-10-20(23)22-11-5-6-15(14-22)21-24-12-13-25-21/h3-4,7-10,15,21H,2,5-6,11-14H2,1H3. The maximum absolute atomic E-state index is 12.7. The summed E-state index contributed by atoms with van der Waals surface area (Å²) in [4.78, 5) is 14.6. The predicted molar refractivity (Wildman–Crippen MR) is 99.6 cm³/mol. The van der Waals surface area contributed by atoms with Crippen LogP contribution in [0.2, 0.25) is 0 Å². The van der Waals surface area contributed by atoms with E-state index in [1.54, 1.807) is 6.08 Å². The molecule has 2 aromatic rings. The lowest BCUT2D eigenvalue weighted by molar-refractivity contribution is -0.134. The Morgan fingerprint density at radius 3 is 2.88 bits per heavy atom. The Morgan fingerprint density at radius 2 is 2.08 bits per heavy atom. The van der Waals surface area contributed by atoms with Gasteiger partial charge in [-0.2, -0.15) is 0 Å². The molecule has 2 aliphatic heterocycles. The van der Waals surface area contributed by atoms with Crippen molar-refractivity contribution in [2.45, 2.75) is 32.5 Å². The van der Waals surface area contributed by atoms with Crippen molar-refractivity contribution in [3.63, 3.8) is 0 Å². The molecular formula is C21H25NO4. The number of hydrogen-bond acceptors (Lipinski definition) is 4. The van der Waals surface area contributed by atoms with Crippen LogP contribution in [0.25, 0.3) is 17.0 Å². The minimum atomic E-state index is -0.154. The lowest BCUT2D eigenvalue weighted by atomic mass is 9.97. The molecular weight excluding hydrogens is 330 g/mol. The average Bonchev–Trinajstić information content (AvgIpc) is 3.34. The Bertz CT molecular complexity index is 803. The van der Waals surface area contributed by atoms with Gasteiger partial charge < -0.3 is 18.8 Å². The Morgan fingerprint density at radius 1 is 1.27 bits per heavy atom. The highest BCUT2D eigenvalue weighted by Crippen LogP contribution is 2.28. The van der Waals surface area contributed by atoms with Gasteiger partial charge in [0.05, 0.1) is 13.2 Å². The van der Waals surface area contributed by atoms with E-state index in [1.165, 1.54) is 0 Å². The summed E-state index contributed by atoms with van der Waals surface area (Å²) >= 11 is 0. The molecule has 2 fully saturated rings. The third-order valence-electron chi connectivity index (χ3n) is 5.23. The molecule has 0 bridgehead atoms. The van der Waals surface area contributed by atoms with Gasteiger partial charge in [0.1, 0.15) is 11.3 Å². The summed E-state index contributed by atoms with van der Waals surface area (Å²) in [5.74, 6) is 1.23. The van der Waals surface area contributed by atoms with E-state index in [0.717, 1.165) is 48.1 Å². The van der Waals surface area contributed by atoms with E-state index in [9.17, 15) is 4.79 Å². The summed E-state index contributed by atoms with van der Waals surface area (Å²) < 4.78 is 17.2. The van der Waals surface area contributed by atoms with Gasteiger partial charge in [-0.3, -0.25) is 4.79 Å². The highest BCUT2D eigenvalue weighted by atomic mass is 16.7. The fourth-order valence-corrected chi connectivity index (χ4v) is 3.90. The predicted octanol–water partition coefficient (Wildman–Crippen LogP) is 3.62. The first-order valence-electron chi connectivity index (χ1n) is 9.47. The number of nitrogens with zero attached hydrogens (tertiary/aromatic N) is 1. The zero-order valence-electron chi connectivity index (χ0n) is 15.1. The van der Waals surface area contributed by atoms with Crippen molar-refractivity contribution in [3.05, 3.63) is 41.7 Å². The number of rotatable bonds is 4. The van der Waals surface area contributed by atoms with Gasteiger partial charge in [-0.25, -0.2) is 0 Å². The minimum Gasteiger partial charge on any atom is -0.460 e. The van der Waals surface area contributed by atoms with E-state index in [0.29, 0.717) is 19.8 Å². The number of hydrogen-bond donors (Lipinski definition) is 0. The van der Waals surface area contributed by atoms with Gasteiger partial charge in [0, 0.05) is 42.5 Å². The van der Waals surface area contributed by atoms with E-state index in [1.807, 2.05) is 35.2 Å². The summed E-state index contributed by atoms with van der Waals surface area (Å²) in [6.45, 7) is 4.86. The summed E-state index contributed by atoms with van der Waals surface area (Å²) in [6, 6.07) is 7.95. The molecule has 2 aliphatic rings. The number of ether oxygens (including phenoxy) is 2. The molecule has 5 heteroatoms. The van der Waals surface area contributed by atoms with E-state index in [2.05, 4.69) is 6.92 Å². The zero-order chi connectivity index (χ0) is 17.9. The second-order valence-electron chi connectivity index (χ2n) is 6.92. The van der Waals surface area contributed by atoms with E-state index >= 15 is 0 Å². The molecule has 26 heavy (non-hydrogen) atoms. The largest absolute Gasteiger partial charge is 0.460 e. The number of benzene rings is 1. The van der Waals surface area contributed by atoms with Crippen molar-refractivity contribution in [1.29, 1.82) is 0 Å². The molecule has 4 rings (SSSR count). The van der Waals surface area contributed by atoms with Crippen molar-refractivity contribution in [3.8, 4) is 0 Å². The SMILES string of the molecule is CCc1oc2ccccc2c1C=CC(=O)N1CCCC(C2OCCO2)C1. The first-order valence-corrected chi connectivity index (χ1v) is 9.47. The molecule has 1 atom stereocenters. The van der Waals surface area contributed by atoms with Crippen LogP contribution in [0, 0.1) is 5.92 Å². The highest BCUT2D eigenvalue weighted by Gasteiger charge is 2.32. The second kappa shape index (κ2) is 7.64. The smallest absolute Gasteiger partial charge is 0.246 e. The van der Waals surface area contributed by atoms with Gasteiger partial charge in [0.15, 0.2) is 6.29 Å². The Kier molecular flexibility index (Phi) is 5.09. The quantitative estimate of drug-likeness (QED) is 0.786. The van der Waals surface area contributed by atoms with Crippen molar-refractivity contribution in [2.24, 2.45) is 5.92 Å². The second-order valence-corrected chi connectivity index (χ2v) is 6.92. The minimum absolute atomic E-state index is 0.0417. The average molecular weight is 355 g/mol. The molecule has 5 nitrogen and oxygen atoms in total. The third-order valence-corrected chi connectivity index (χ3v) is 5.23. The van der Waals surface area contributed by atoms with E-state index in [-0.39, 0.29) is 18.1 Å². The molecule has 1 aromatic carbocycles. The Hall–Kier alpha value is -2.11. The number of furan rings is 1. The number of carbonyl (C=O) groups is 1. The number of para-hydroxylation sites is 1. The Balaban J connectivity index is 1.49. The zero-order valence-corrected chi connectivity index (χ0v) is 15.1. The van der Waals surface area contributed by atoms with Crippen LogP contribution in [0.5, 0.6) is 0 Å². The van der Waals surface area contributed by atoms with Crippen LogP contribution < -0.4 is 0 Å². The van der Waals surface area contributed by atoms with E-state index < -0.39 is 0 Å². The normalized spacial score (nSPS) is 21.9. The summed E-state index contributed by atoms with van der Waals surface area (Å²) in [7, 11) is 0. The monoisotopic (exact) mass is 355 g/mol. The number of fused-ring (bicyclic) bond motifs is 1. The van der Waals surface area contributed by atoms with Gasteiger partial charge >= 0.3 is 0 Å². The van der Waals surface area contributed by atoms with Crippen LogP contribution >= 0.6 is 0 Å². The number of piperidine rings is 1. The molecule has 0 N–H and O–H groups in total. The van der Waals surface area contributed by atoms with Crippen LogP contribution in [0.1, 0.15) is 31.1 Å². The van der Waals surface area contributed by atoms with Gasteiger partial charge in [0.2, 0.25) is 5.91 Å².